The molecule has 2 aliphatic rings. The number of hydrogen-bond acceptors (Lipinski definition) is 3. The summed E-state index contributed by atoms with van der Waals surface area (Å²) in [7, 11) is 0. The maximum absolute atomic E-state index is 10.8. The number of carboxylic acids is 1. The van der Waals surface area contributed by atoms with Crippen molar-refractivity contribution in [1.82, 2.24) is 4.90 Å². The zero-order chi connectivity index (χ0) is 13.1. The van der Waals surface area contributed by atoms with Gasteiger partial charge in [0.15, 0.2) is 0 Å². The minimum atomic E-state index is -0.757. The van der Waals surface area contributed by atoms with Gasteiger partial charge in [-0.3, -0.25) is 9.69 Å². The molecule has 18 heavy (non-hydrogen) atoms. The Morgan fingerprint density at radius 2 is 1.94 bits per heavy atom. The second-order valence-corrected chi connectivity index (χ2v) is 6.16. The van der Waals surface area contributed by atoms with Crippen molar-refractivity contribution < 1.29 is 14.6 Å². The Hall–Kier alpha value is -0.610. The van der Waals surface area contributed by atoms with Crippen molar-refractivity contribution in [3.63, 3.8) is 0 Å². The van der Waals surface area contributed by atoms with E-state index in [1.54, 1.807) is 0 Å². The van der Waals surface area contributed by atoms with E-state index in [4.69, 9.17) is 9.84 Å². The summed E-state index contributed by atoms with van der Waals surface area (Å²) in [4.78, 5) is 13.2. The molecule has 0 aromatic heterocycles. The van der Waals surface area contributed by atoms with Crippen molar-refractivity contribution in [3.8, 4) is 0 Å². The molecule has 4 nitrogen and oxygen atoms in total. The monoisotopic (exact) mass is 255 g/mol. The summed E-state index contributed by atoms with van der Waals surface area (Å²) >= 11 is 0. The lowest BCUT2D eigenvalue weighted by Crippen LogP contribution is -2.50. The Kier molecular flexibility index (Phi) is 4.62. The van der Waals surface area contributed by atoms with E-state index in [-0.39, 0.29) is 12.5 Å². The molecule has 4 heteroatoms. The van der Waals surface area contributed by atoms with Gasteiger partial charge in [0.05, 0.1) is 19.1 Å². The first-order valence-electron chi connectivity index (χ1n) is 7.12. The first kappa shape index (κ1) is 13.8. The second-order valence-electron chi connectivity index (χ2n) is 6.16. The topological polar surface area (TPSA) is 49.8 Å². The lowest BCUT2D eigenvalue weighted by Gasteiger charge is -2.42. The fraction of sp³-hybridized carbons (Fsp3) is 0.929. The highest BCUT2D eigenvalue weighted by Gasteiger charge is 2.32. The third kappa shape index (κ3) is 3.69. The molecule has 0 bridgehead atoms. The zero-order valence-corrected chi connectivity index (χ0v) is 11.5. The molecule has 1 saturated carbocycles. The summed E-state index contributed by atoms with van der Waals surface area (Å²) < 4.78 is 5.54. The summed E-state index contributed by atoms with van der Waals surface area (Å²) in [5.74, 6) is 0.825. The van der Waals surface area contributed by atoms with Crippen molar-refractivity contribution >= 4 is 5.97 Å². The molecule has 104 valence electrons. The van der Waals surface area contributed by atoms with E-state index in [2.05, 4.69) is 18.7 Å². The Morgan fingerprint density at radius 3 is 2.56 bits per heavy atom. The Balaban J connectivity index is 1.89. The van der Waals surface area contributed by atoms with E-state index in [1.165, 1.54) is 19.3 Å². The van der Waals surface area contributed by atoms with Crippen LogP contribution in [0.5, 0.6) is 0 Å². The fourth-order valence-electron chi connectivity index (χ4n) is 3.59. The van der Waals surface area contributed by atoms with Gasteiger partial charge in [-0.05, 0) is 31.1 Å². The summed E-state index contributed by atoms with van der Waals surface area (Å²) in [5, 5.41) is 8.85. The highest BCUT2D eigenvalue weighted by atomic mass is 16.5. The van der Waals surface area contributed by atoms with Crippen LogP contribution in [0.2, 0.25) is 0 Å². The molecule has 1 N–H and O–H groups in total. The van der Waals surface area contributed by atoms with Gasteiger partial charge >= 0.3 is 5.97 Å². The van der Waals surface area contributed by atoms with Gasteiger partial charge in [-0.1, -0.05) is 13.8 Å². The molecule has 2 fully saturated rings. The van der Waals surface area contributed by atoms with Crippen molar-refractivity contribution in [3.05, 3.63) is 0 Å². The van der Waals surface area contributed by atoms with Crippen LogP contribution in [0.3, 0.4) is 0 Å². The van der Waals surface area contributed by atoms with Crippen molar-refractivity contribution in [2.45, 2.75) is 51.7 Å². The number of rotatable bonds is 3. The van der Waals surface area contributed by atoms with Crippen molar-refractivity contribution in [2.24, 2.45) is 11.8 Å². The molecule has 0 spiro atoms. The maximum atomic E-state index is 10.8. The van der Waals surface area contributed by atoms with Crippen LogP contribution in [0.25, 0.3) is 0 Å². The predicted molar refractivity (Wildman–Crippen MR) is 69.5 cm³/mol. The summed E-state index contributed by atoms with van der Waals surface area (Å²) in [6.07, 6.45) is 3.85. The smallest absolute Gasteiger partial charge is 0.306 e. The van der Waals surface area contributed by atoms with E-state index in [0.717, 1.165) is 24.9 Å². The van der Waals surface area contributed by atoms with Gasteiger partial charge < -0.3 is 9.84 Å². The first-order valence-corrected chi connectivity index (χ1v) is 7.12. The van der Waals surface area contributed by atoms with E-state index in [9.17, 15) is 4.79 Å². The highest BCUT2D eigenvalue weighted by molar-refractivity contribution is 5.67. The SMILES string of the molecule is CC1CC(C)CC(N2CCOC(CC(=O)O)C2)C1. The molecule has 3 atom stereocenters. The van der Waals surface area contributed by atoms with E-state index in [1.807, 2.05) is 0 Å². The molecule has 0 aromatic rings. The summed E-state index contributed by atoms with van der Waals surface area (Å²) in [6.45, 7) is 7.09. The van der Waals surface area contributed by atoms with Crippen molar-refractivity contribution in [1.29, 1.82) is 0 Å². The van der Waals surface area contributed by atoms with Crippen LogP contribution in [-0.2, 0) is 9.53 Å². The normalized spacial score (nSPS) is 38.6. The van der Waals surface area contributed by atoms with Crippen LogP contribution in [0.1, 0.15) is 39.5 Å². The lowest BCUT2D eigenvalue weighted by molar-refractivity contribution is -0.142. The minimum Gasteiger partial charge on any atom is -0.481 e. The number of carboxylic acid groups (broad SMARTS) is 1. The van der Waals surface area contributed by atoms with Gasteiger partial charge in [0, 0.05) is 19.1 Å². The highest BCUT2D eigenvalue weighted by Crippen LogP contribution is 2.32. The molecule has 3 unspecified atom stereocenters. The van der Waals surface area contributed by atoms with E-state index < -0.39 is 5.97 Å². The third-order valence-corrected chi connectivity index (χ3v) is 4.24. The van der Waals surface area contributed by atoms with E-state index in [0.29, 0.717) is 12.6 Å². The van der Waals surface area contributed by atoms with Gasteiger partial charge in [-0.25, -0.2) is 0 Å². The Labute approximate surface area is 109 Å². The molecular formula is C14H25NO3. The zero-order valence-electron chi connectivity index (χ0n) is 11.5. The van der Waals surface area contributed by atoms with Crippen LogP contribution in [-0.4, -0.2) is 47.8 Å². The van der Waals surface area contributed by atoms with Crippen LogP contribution < -0.4 is 0 Å². The first-order chi connectivity index (χ1) is 8.54. The largest absolute Gasteiger partial charge is 0.481 e. The van der Waals surface area contributed by atoms with Gasteiger partial charge in [0.2, 0.25) is 0 Å². The predicted octanol–water partition coefficient (Wildman–Crippen LogP) is 1.99. The number of ether oxygens (including phenoxy) is 1. The molecule has 1 saturated heterocycles. The number of hydrogen-bond donors (Lipinski definition) is 1. The molecule has 0 amide bonds. The molecule has 1 aliphatic heterocycles. The maximum Gasteiger partial charge on any atom is 0.306 e. The average molecular weight is 255 g/mol. The Morgan fingerprint density at radius 1 is 1.28 bits per heavy atom. The van der Waals surface area contributed by atoms with Crippen LogP contribution in [0.15, 0.2) is 0 Å². The molecule has 0 aromatic carbocycles. The lowest BCUT2D eigenvalue weighted by atomic mass is 9.79. The van der Waals surface area contributed by atoms with Gasteiger partial charge in [-0.15, -0.1) is 0 Å². The number of aliphatic carboxylic acids is 1. The molecule has 1 heterocycles. The average Bonchev–Trinajstić information content (AvgIpc) is 2.27. The molecule has 1 aliphatic carbocycles. The number of carbonyl (C=O) groups is 1. The second kappa shape index (κ2) is 6.02. The van der Waals surface area contributed by atoms with Crippen molar-refractivity contribution in [2.75, 3.05) is 19.7 Å². The van der Waals surface area contributed by atoms with Gasteiger partial charge in [0.25, 0.3) is 0 Å². The Bertz CT molecular complexity index is 285. The standard InChI is InChI=1S/C14H25NO3/c1-10-5-11(2)7-12(6-10)15-3-4-18-13(9-15)8-14(16)17/h10-13H,3-9H2,1-2H3,(H,16,17). The summed E-state index contributed by atoms with van der Waals surface area (Å²) in [6, 6.07) is 0.629. The van der Waals surface area contributed by atoms with Crippen LogP contribution >= 0.6 is 0 Å². The third-order valence-electron chi connectivity index (χ3n) is 4.24. The quantitative estimate of drug-likeness (QED) is 0.838. The molecular weight excluding hydrogens is 230 g/mol. The fourth-order valence-corrected chi connectivity index (χ4v) is 3.59. The van der Waals surface area contributed by atoms with Gasteiger partial charge in [-0.2, -0.15) is 0 Å². The minimum absolute atomic E-state index is 0.121. The number of morpholine rings is 1. The van der Waals surface area contributed by atoms with Gasteiger partial charge in [0.1, 0.15) is 0 Å². The van der Waals surface area contributed by atoms with Crippen LogP contribution in [0, 0.1) is 11.8 Å². The van der Waals surface area contributed by atoms with Crippen LogP contribution in [0.4, 0.5) is 0 Å². The molecule has 0 radical (unpaired) electrons. The number of nitrogens with zero attached hydrogens (tertiary/aromatic N) is 1. The molecule has 2 rings (SSSR count). The van der Waals surface area contributed by atoms with E-state index >= 15 is 0 Å². The summed E-state index contributed by atoms with van der Waals surface area (Å²) in [5.41, 5.74) is 0.